The van der Waals surface area contributed by atoms with Crippen LogP contribution in [0.25, 0.3) is 0 Å². The molecule has 0 aliphatic carbocycles. The number of carbonyl (C=O) groups is 2. The number of halogens is 1. The Morgan fingerprint density at radius 3 is 2.37 bits per heavy atom. The first-order valence-electron chi connectivity index (χ1n) is 9.70. The number of pyridine rings is 1. The molecule has 2 fully saturated rings. The van der Waals surface area contributed by atoms with Gasteiger partial charge in [0.05, 0.1) is 10.9 Å². The molecule has 2 aliphatic rings. The number of hydrogen-bond donors (Lipinski definition) is 0. The summed E-state index contributed by atoms with van der Waals surface area (Å²) in [6, 6.07) is 3.75. The maximum absolute atomic E-state index is 13.0. The van der Waals surface area contributed by atoms with E-state index in [1.54, 1.807) is 6.20 Å². The van der Waals surface area contributed by atoms with E-state index in [-0.39, 0.29) is 17.7 Å². The number of rotatable bonds is 2. The molecule has 2 aliphatic heterocycles. The molecule has 0 saturated carbocycles. The molecule has 0 N–H and O–H groups in total. The van der Waals surface area contributed by atoms with Gasteiger partial charge in [-0.15, -0.1) is 0 Å². The number of carbonyl (C=O) groups excluding carboxylic acids is 2. The Morgan fingerprint density at radius 1 is 1.07 bits per heavy atom. The molecular weight excluding hydrogens is 364 g/mol. The smallest absolute Gasteiger partial charge is 0.227 e. The predicted octanol–water partition coefficient (Wildman–Crippen LogP) is 2.67. The molecule has 27 heavy (non-hydrogen) atoms. The van der Waals surface area contributed by atoms with Gasteiger partial charge in [0.1, 0.15) is 5.82 Å². The zero-order valence-corrected chi connectivity index (χ0v) is 17.2. The molecule has 1 unspecified atom stereocenters. The monoisotopic (exact) mass is 392 g/mol. The van der Waals surface area contributed by atoms with Crippen LogP contribution in [-0.2, 0) is 9.59 Å². The quantitative estimate of drug-likeness (QED) is 0.776. The summed E-state index contributed by atoms with van der Waals surface area (Å²) in [6.07, 6.45) is 3.41. The van der Waals surface area contributed by atoms with Crippen molar-refractivity contribution in [3.63, 3.8) is 0 Å². The van der Waals surface area contributed by atoms with Crippen LogP contribution < -0.4 is 4.90 Å². The van der Waals surface area contributed by atoms with Crippen molar-refractivity contribution in [2.75, 3.05) is 44.2 Å². The molecule has 0 radical (unpaired) electrons. The molecule has 7 heteroatoms. The van der Waals surface area contributed by atoms with Gasteiger partial charge in [-0.1, -0.05) is 32.4 Å². The largest absolute Gasteiger partial charge is 0.353 e. The fraction of sp³-hybridized carbons (Fsp3) is 0.650. The molecular formula is C20H29ClN4O2. The fourth-order valence-corrected chi connectivity index (χ4v) is 3.92. The number of piperidine rings is 1. The Hall–Kier alpha value is -1.82. The van der Waals surface area contributed by atoms with Crippen LogP contribution in [0.1, 0.15) is 33.6 Å². The first-order valence-corrected chi connectivity index (χ1v) is 10.1. The lowest BCUT2D eigenvalue weighted by molar-refractivity contribution is -0.145. The highest BCUT2D eigenvalue weighted by atomic mass is 35.5. The number of aromatic nitrogens is 1. The Balaban J connectivity index is 1.55. The Morgan fingerprint density at radius 2 is 1.78 bits per heavy atom. The van der Waals surface area contributed by atoms with E-state index >= 15 is 0 Å². The van der Waals surface area contributed by atoms with Gasteiger partial charge in [-0.25, -0.2) is 4.98 Å². The molecule has 0 aromatic carbocycles. The number of likely N-dealkylation sites (tertiary alicyclic amines) is 1. The lowest BCUT2D eigenvalue weighted by atomic mass is 9.90. The van der Waals surface area contributed by atoms with Gasteiger partial charge in [-0.05, 0) is 25.0 Å². The zero-order valence-electron chi connectivity index (χ0n) is 16.4. The maximum Gasteiger partial charge on any atom is 0.227 e. The van der Waals surface area contributed by atoms with Gasteiger partial charge in [-0.2, -0.15) is 0 Å². The van der Waals surface area contributed by atoms with Crippen molar-refractivity contribution in [2.45, 2.75) is 33.6 Å². The summed E-state index contributed by atoms with van der Waals surface area (Å²) in [5.41, 5.74) is -0.401. The van der Waals surface area contributed by atoms with Crippen LogP contribution in [-0.4, -0.2) is 65.9 Å². The number of piperazine rings is 1. The van der Waals surface area contributed by atoms with Gasteiger partial charge in [0.2, 0.25) is 11.8 Å². The summed E-state index contributed by atoms with van der Waals surface area (Å²) in [6.45, 7) is 10.0. The van der Waals surface area contributed by atoms with Crippen LogP contribution in [0, 0.1) is 11.3 Å². The molecule has 1 atom stereocenters. The molecule has 148 valence electrons. The lowest BCUT2D eigenvalue weighted by Crippen LogP contribution is -2.54. The van der Waals surface area contributed by atoms with Gasteiger partial charge >= 0.3 is 0 Å². The summed E-state index contributed by atoms with van der Waals surface area (Å²) >= 11 is 5.90. The second-order valence-electron chi connectivity index (χ2n) is 8.49. The van der Waals surface area contributed by atoms with E-state index in [1.165, 1.54) is 0 Å². The topological polar surface area (TPSA) is 56.8 Å². The van der Waals surface area contributed by atoms with Crippen LogP contribution in [0.4, 0.5) is 5.82 Å². The molecule has 1 aromatic heterocycles. The highest BCUT2D eigenvalue weighted by Crippen LogP contribution is 2.25. The number of amides is 2. The van der Waals surface area contributed by atoms with E-state index in [4.69, 9.17) is 11.6 Å². The normalized spacial score (nSPS) is 21.3. The van der Waals surface area contributed by atoms with Crippen molar-refractivity contribution in [1.29, 1.82) is 0 Å². The number of anilines is 1. The molecule has 6 nitrogen and oxygen atoms in total. The van der Waals surface area contributed by atoms with Crippen molar-refractivity contribution in [3.05, 3.63) is 23.4 Å². The molecule has 3 heterocycles. The molecule has 0 bridgehead atoms. The Kier molecular flexibility index (Phi) is 5.94. The van der Waals surface area contributed by atoms with Gasteiger partial charge in [-0.3, -0.25) is 9.59 Å². The van der Waals surface area contributed by atoms with Crippen molar-refractivity contribution < 1.29 is 9.59 Å². The molecule has 2 amide bonds. The fourth-order valence-electron chi connectivity index (χ4n) is 3.81. The summed E-state index contributed by atoms with van der Waals surface area (Å²) < 4.78 is 0. The van der Waals surface area contributed by atoms with Gasteiger partial charge in [0.15, 0.2) is 0 Å². The SMILES string of the molecule is CC(C)(C)C(=O)N1CCCC(C(=O)N2CCN(c3ccc(Cl)cn3)CC2)C1. The molecule has 1 aromatic rings. The second kappa shape index (κ2) is 8.05. The van der Waals surface area contributed by atoms with Crippen LogP contribution in [0.2, 0.25) is 5.02 Å². The van der Waals surface area contributed by atoms with E-state index in [0.29, 0.717) is 24.7 Å². The van der Waals surface area contributed by atoms with Gasteiger partial charge in [0, 0.05) is 50.9 Å². The van der Waals surface area contributed by atoms with Gasteiger partial charge in [0.25, 0.3) is 0 Å². The summed E-state index contributed by atoms with van der Waals surface area (Å²) in [4.78, 5) is 35.9. The first-order chi connectivity index (χ1) is 12.8. The summed E-state index contributed by atoms with van der Waals surface area (Å²) in [7, 11) is 0. The van der Waals surface area contributed by atoms with Crippen molar-refractivity contribution in [3.8, 4) is 0 Å². The molecule has 3 rings (SSSR count). The van der Waals surface area contributed by atoms with Crippen LogP contribution in [0.5, 0.6) is 0 Å². The average molecular weight is 393 g/mol. The summed E-state index contributed by atoms with van der Waals surface area (Å²) in [5.74, 6) is 1.14. The zero-order chi connectivity index (χ0) is 19.6. The minimum atomic E-state index is -0.401. The van der Waals surface area contributed by atoms with Crippen LogP contribution in [0.3, 0.4) is 0 Å². The van der Waals surface area contributed by atoms with Crippen LogP contribution in [0.15, 0.2) is 18.3 Å². The van der Waals surface area contributed by atoms with E-state index in [2.05, 4.69) is 9.88 Å². The lowest BCUT2D eigenvalue weighted by Gasteiger charge is -2.40. The summed E-state index contributed by atoms with van der Waals surface area (Å²) in [5, 5.41) is 0.624. The highest BCUT2D eigenvalue weighted by Gasteiger charge is 2.35. The van der Waals surface area contributed by atoms with Crippen molar-refractivity contribution in [1.82, 2.24) is 14.8 Å². The molecule has 0 spiro atoms. The maximum atomic E-state index is 13.0. The van der Waals surface area contributed by atoms with Crippen LogP contribution >= 0.6 is 11.6 Å². The third kappa shape index (κ3) is 4.72. The Labute approximate surface area is 166 Å². The third-order valence-electron chi connectivity index (χ3n) is 5.33. The third-order valence-corrected chi connectivity index (χ3v) is 5.55. The van der Waals surface area contributed by atoms with Crippen molar-refractivity contribution >= 4 is 29.2 Å². The highest BCUT2D eigenvalue weighted by molar-refractivity contribution is 6.30. The van der Waals surface area contributed by atoms with Crippen molar-refractivity contribution in [2.24, 2.45) is 11.3 Å². The van der Waals surface area contributed by atoms with E-state index in [1.807, 2.05) is 42.7 Å². The van der Waals surface area contributed by atoms with Gasteiger partial charge < -0.3 is 14.7 Å². The second-order valence-corrected chi connectivity index (χ2v) is 8.92. The molecule has 2 saturated heterocycles. The first kappa shape index (κ1) is 19.9. The number of hydrogen-bond acceptors (Lipinski definition) is 4. The van der Waals surface area contributed by atoms with E-state index in [9.17, 15) is 9.59 Å². The average Bonchev–Trinajstić information content (AvgIpc) is 2.67. The minimum Gasteiger partial charge on any atom is -0.353 e. The Bertz CT molecular complexity index is 678. The minimum absolute atomic E-state index is 0.0785. The number of nitrogens with zero attached hydrogens (tertiary/aromatic N) is 4. The predicted molar refractivity (Wildman–Crippen MR) is 107 cm³/mol. The van der Waals surface area contributed by atoms with E-state index < -0.39 is 5.41 Å². The van der Waals surface area contributed by atoms with E-state index in [0.717, 1.165) is 38.3 Å². The standard InChI is InChI=1S/C20H29ClN4O2/c1-20(2,3)19(27)25-8-4-5-15(14-25)18(26)24-11-9-23(10-12-24)17-7-6-16(21)13-22-17/h6-7,13,15H,4-5,8-12,14H2,1-3H3.